The standard InChI is InChI=1S/C43H20F4N6/c1-22-20-31-42(53-41(26-10-8-23(21-48)9-11-26)40(52-31)27-16-18-28(49-2)19-17-27)34-29-6-4-5-7-30(29)51-39(32(22)34)25-14-12-24(13-15-25)33-35(44)37(46)43(50-3)38(47)36(33)45/h4-20H,1H3. The molecule has 250 valence electrons. The second-order valence-electron chi connectivity index (χ2n) is 12.2. The Bertz CT molecular complexity index is 2930. The monoisotopic (exact) mass is 696 g/mol. The number of benzene rings is 6. The van der Waals surface area contributed by atoms with Gasteiger partial charge in [-0.3, -0.25) is 0 Å². The van der Waals surface area contributed by atoms with Gasteiger partial charge in [-0.2, -0.15) is 5.26 Å². The zero-order chi connectivity index (χ0) is 37.0. The van der Waals surface area contributed by atoms with E-state index in [1.807, 2.05) is 61.5 Å². The van der Waals surface area contributed by atoms with Gasteiger partial charge in [0.05, 0.1) is 64.0 Å². The lowest BCUT2D eigenvalue weighted by Crippen LogP contribution is -2.00. The molecule has 0 aliphatic heterocycles. The molecule has 0 atom stereocenters. The molecule has 8 aromatic rings. The molecule has 6 nitrogen and oxygen atoms in total. The van der Waals surface area contributed by atoms with E-state index in [4.69, 9.17) is 28.1 Å². The van der Waals surface area contributed by atoms with Crippen molar-refractivity contribution in [3.63, 3.8) is 0 Å². The molecule has 8 rings (SSSR count). The summed E-state index contributed by atoms with van der Waals surface area (Å²) >= 11 is 0. The van der Waals surface area contributed by atoms with Crippen LogP contribution in [0.1, 0.15) is 11.1 Å². The van der Waals surface area contributed by atoms with Crippen molar-refractivity contribution in [2.45, 2.75) is 6.92 Å². The molecule has 0 aliphatic rings. The van der Waals surface area contributed by atoms with Crippen LogP contribution in [0.25, 0.3) is 87.3 Å². The van der Waals surface area contributed by atoms with Gasteiger partial charge in [0.1, 0.15) is 0 Å². The molecule has 0 saturated carbocycles. The largest absolute Gasteiger partial charge is 0.262 e. The van der Waals surface area contributed by atoms with E-state index in [2.05, 4.69) is 15.8 Å². The van der Waals surface area contributed by atoms with Crippen LogP contribution < -0.4 is 0 Å². The number of halogens is 4. The summed E-state index contributed by atoms with van der Waals surface area (Å²) < 4.78 is 59.0. The summed E-state index contributed by atoms with van der Waals surface area (Å²) in [5.74, 6) is -6.82. The molecule has 10 heteroatoms. The maximum atomic E-state index is 15.0. The van der Waals surface area contributed by atoms with Gasteiger partial charge >= 0.3 is 0 Å². The van der Waals surface area contributed by atoms with Crippen molar-refractivity contribution in [2.75, 3.05) is 0 Å². The lowest BCUT2D eigenvalue weighted by molar-refractivity contribution is 0.465. The molecular formula is C43H20F4N6. The summed E-state index contributed by atoms with van der Waals surface area (Å²) in [5.41, 5.74) is 4.94. The van der Waals surface area contributed by atoms with Gasteiger partial charge in [-0.1, -0.05) is 78.9 Å². The Morgan fingerprint density at radius 3 is 1.75 bits per heavy atom. The fourth-order valence-corrected chi connectivity index (χ4v) is 6.63. The first-order valence-electron chi connectivity index (χ1n) is 16.1. The maximum absolute atomic E-state index is 15.0. The topological polar surface area (TPSA) is 71.2 Å². The second kappa shape index (κ2) is 12.7. The third kappa shape index (κ3) is 5.28. The van der Waals surface area contributed by atoms with Gasteiger partial charge in [-0.05, 0) is 47.9 Å². The molecule has 0 amide bonds. The minimum atomic E-state index is -1.76. The number of aryl methyl sites for hydroxylation is 1. The van der Waals surface area contributed by atoms with E-state index in [-0.39, 0.29) is 5.56 Å². The van der Waals surface area contributed by atoms with Crippen LogP contribution in [0.15, 0.2) is 103 Å². The van der Waals surface area contributed by atoms with Crippen LogP contribution in [0.5, 0.6) is 0 Å². The Hall–Kier alpha value is -7.48. The molecule has 0 fully saturated rings. The van der Waals surface area contributed by atoms with Gasteiger partial charge in [0.2, 0.25) is 0 Å². The molecule has 0 aliphatic carbocycles. The summed E-state index contributed by atoms with van der Waals surface area (Å²) in [6, 6.07) is 31.6. The fraction of sp³-hybridized carbons (Fsp3) is 0.0233. The third-order valence-corrected chi connectivity index (χ3v) is 9.16. The number of hydrogen-bond donors (Lipinski definition) is 0. The van der Waals surface area contributed by atoms with Gasteiger partial charge in [0.15, 0.2) is 29.0 Å². The Morgan fingerprint density at radius 2 is 1.13 bits per heavy atom. The highest BCUT2D eigenvalue weighted by atomic mass is 19.2. The molecule has 2 aromatic heterocycles. The number of pyridine rings is 1. The number of rotatable bonds is 4. The lowest BCUT2D eigenvalue weighted by atomic mass is 9.93. The third-order valence-electron chi connectivity index (χ3n) is 9.16. The van der Waals surface area contributed by atoms with E-state index in [1.54, 1.807) is 36.4 Å². The molecular weight excluding hydrogens is 677 g/mol. The minimum absolute atomic E-state index is 0.125. The fourth-order valence-electron chi connectivity index (χ4n) is 6.63. The highest BCUT2D eigenvalue weighted by Gasteiger charge is 2.27. The number of fused-ring (bicyclic) bond motifs is 5. The van der Waals surface area contributed by atoms with Crippen LogP contribution in [0, 0.1) is 54.7 Å². The molecule has 0 radical (unpaired) electrons. The molecule has 0 bridgehead atoms. The first kappa shape index (κ1) is 32.7. The number of hydrogen-bond acceptors (Lipinski definition) is 4. The van der Waals surface area contributed by atoms with Crippen LogP contribution in [0.4, 0.5) is 28.9 Å². The Morgan fingerprint density at radius 1 is 0.585 bits per heavy atom. The number of aromatic nitrogens is 3. The lowest BCUT2D eigenvalue weighted by Gasteiger charge is -2.17. The van der Waals surface area contributed by atoms with Crippen molar-refractivity contribution in [1.82, 2.24) is 15.0 Å². The minimum Gasteiger partial charge on any atom is -0.247 e. The summed E-state index contributed by atoms with van der Waals surface area (Å²) in [6.45, 7) is 16.2. The van der Waals surface area contributed by atoms with Crippen LogP contribution in [0.2, 0.25) is 0 Å². The van der Waals surface area contributed by atoms with Gasteiger partial charge in [0, 0.05) is 27.3 Å². The predicted octanol–water partition coefficient (Wildman–Crippen LogP) is 11.8. The van der Waals surface area contributed by atoms with E-state index in [0.29, 0.717) is 50.4 Å². The van der Waals surface area contributed by atoms with E-state index >= 15 is 0 Å². The zero-order valence-electron chi connectivity index (χ0n) is 27.5. The number of nitriles is 1. The van der Waals surface area contributed by atoms with Gasteiger partial charge in [0.25, 0.3) is 5.69 Å². The highest BCUT2D eigenvalue weighted by Crippen LogP contribution is 2.42. The van der Waals surface area contributed by atoms with Crippen LogP contribution in [0.3, 0.4) is 0 Å². The summed E-state index contributed by atoms with van der Waals surface area (Å²) in [5, 5.41) is 11.8. The van der Waals surface area contributed by atoms with Crippen LogP contribution in [-0.2, 0) is 0 Å². The Labute approximate surface area is 299 Å². The molecule has 0 unspecified atom stereocenters. The molecule has 53 heavy (non-hydrogen) atoms. The predicted molar refractivity (Wildman–Crippen MR) is 196 cm³/mol. The van der Waals surface area contributed by atoms with Crippen molar-refractivity contribution in [3.05, 3.63) is 160 Å². The Kier molecular flexibility index (Phi) is 7.83. The Balaban J connectivity index is 1.40. The first-order valence-corrected chi connectivity index (χ1v) is 16.1. The second-order valence-corrected chi connectivity index (χ2v) is 12.2. The summed E-state index contributed by atoms with van der Waals surface area (Å²) in [7, 11) is 0. The first-order chi connectivity index (χ1) is 25.7. The molecule has 6 aromatic carbocycles. The van der Waals surface area contributed by atoms with E-state index in [9.17, 15) is 22.8 Å². The molecule has 0 saturated heterocycles. The average molecular weight is 697 g/mol. The quantitative estimate of drug-likeness (QED) is 0.0795. The van der Waals surface area contributed by atoms with E-state index in [1.165, 1.54) is 12.1 Å². The van der Waals surface area contributed by atoms with Crippen molar-refractivity contribution >= 4 is 44.1 Å². The average Bonchev–Trinajstić information content (AvgIpc) is 3.20. The van der Waals surface area contributed by atoms with Crippen LogP contribution >= 0.6 is 0 Å². The van der Waals surface area contributed by atoms with Crippen molar-refractivity contribution in [2.24, 2.45) is 0 Å². The van der Waals surface area contributed by atoms with E-state index < -0.39 is 34.5 Å². The van der Waals surface area contributed by atoms with E-state index in [0.717, 1.165) is 32.8 Å². The van der Waals surface area contributed by atoms with Gasteiger partial charge in [-0.15, -0.1) is 0 Å². The normalized spacial score (nSPS) is 11.1. The van der Waals surface area contributed by atoms with Crippen molar-refractivity contribution in [3.8, 4) is 51.0 Å². The number of nitrogens with zero attached hydrogens (tertiary/aromatic N) is 6. The summed E-state index contributed by atoms with van der Waals surface area (Å²) in [6.07, 6.45) is 0. The molecule has 0 N–H and O–H groups in total. The maximum Gasteiger partial charge on any atom is 0.262 e. The van der Waals surface area contributed by atoms with Gasteiger partial charge in [-0.25, -0.2) is 42.2 Å². The van der Waals surface area contributed by atoms with Crippen molar-refractivity contribution in [1.29, 1.82) is 5.26 Å². The summed E-state index contributed by atoms with van der Waals surface area (Å²) in [4.78, 5) is 21.5. The molecule has 2 heterocycles. The highest BCUT2D eigenvalue weighted by molar-refractivity contribution is 6.22. The van der Waals surface area contributed by atoms with Gasteiger partial charge < -0.3 is 0 Å². The molecule has 0 spiro atoms. The number of para-hydroxylation sites is 1. The SMILES string of the molecule is [C-]#[N+]c1ccc(-c2nc3cc(C)c4c(-c5ccc(-c6c(F)c(F)c([N+]#[C-])c(F)c6F)cc5)nc5ccccc5c4c3nc2-c2ccc(C#N)cc2)cc1. The van der Waals surface area contributed by atoms with Crippen LogP contribution in [-0.4, -0.2) is 15.0 Å². The zero-order valence-corrected chi connectivity index (χ0v) is 27.5. The van der Waals surface area contributed by atoms with Crippen molar-refractivity contribution < 1.29 is 17.6 Å². The smallest absolute Gasteiger partial charge is 0.247 e.